The topological polar surface area (TPSA) is 109 Å². The highest BCUT2D eigenvalue weighted by Gasteiger charge is 2.37. The number of imidazole rings is 1. The number of aromatic amines is 1. The first-order valence-corrected chi connectivity index (χ1v) is 14.2. The lowest BCUT2D eigenvalue weighted by molar-refractivity contribution is -0.140. The van der Waals surface area contributed by atoms with Crippen molar-refractivity contribution in [3.63, 3.8) is 0 Å². The molecule has 2 atom stereocenters. The molecular formula is C29H44ClN5O5. The third kappa shape index (κ3) is 7.75. The molecule has 0 spiro atoms. The Hall–Kier alpha value is -2.66. The normalized spacial score (nSPS) is 19.4. The summed E-state index contributed by atoms with van der Waals surface area (Å²) in [6.45, 7) is 8.86. The predicted octanol–water partition coefficient (Wildman–Crippen LogP) is 2.49. The van der Waals surface area contributed by atoms with Crippen LogP contribution in [0.25, 0.3) is 5.69 Å². The number of unbranched alkanes of at least 4 members (excludes halogenated alkanes) is 1. The average Bonchev–Trinajstić information content (AvgIpc) is 3.29. The van der Waals surface area contributed by atoms with Gasteiger partial charge in [0.2, 0.25) is 5.91 Å². The minimum Gasteiger partial charge on any atom is -0.385 e. The number of para-hydroxylation sites is 1. The summed E-state index contributed by atoms with van der Waals surface area (Å²) in [5, 5.41) is 3.41. The van der Waals surface area contributed by atoms with Crippen molar-refractivity contribution in [2.75, 3.05) is 59.7 Å². The molecule has 2 saturated heterocycles. The van der Waals surface area contributed by atoms with Gasteiger partial charge >= 0.3 is 5.69 Å². The molecule has 2 aliphatic rings. The Morgan fingerprint density at radius 3 is 2.52 bits per heavy atom. The largest absolute Gasteiger partial charge is 0.385 e. The molecule has 1 aromatic carbocycles. The van der Waals surface area contributed by atoms with E-state index in [1.54, 1.807) is 11.7 Å². The summed E-state index contributed by atoms with van der Waals surface area (Å²) in [5.74, 6) is -0.0541. The van der Waals surface area contributed by atoms with Crippen LogP contribution >= 0.6 is 12.4 Å². The van der Waals surface area contributed by atoms with Crippen molar-refractivity contribution in [2.24, 2.45) is 11.8 Å². The Morgan fingerprint density at radius 1 is 1.12 bits per heavy atom. The molecule has 2 N–H and O–H groups in total. The lowest BCUT2D eigenvalue weighted by Crippen LogP contribution is -2.56. The van der Waals surface area contributed by atoms with Crippen molar-refractivity contribution in [3.05, 3.63) is 52.2 Å². The summed E-state index contributed by atoms with van der Waals surface area (Å²) >= 11 is 0. The Balaban J connectivity index is 0.00000441. The van der Waals surface area contributed by atoms with Crippen LogP contribution in [-0.2, 0) is 20.7 Å². The van der Waals surface area contributed by atoms with Gasteiger partial charge in [0, 0.05) is 52.5 Å². The number of nitrogens with zero attached hydrogens (tertiary/aromatic N) is 3. The van der Waals surface area contributed by atoms with Crippen LogP contribution in [0, 0.1) is 11.8 Å². The summed E-state index contributed by atoms with van der Waals surface area (Å²) < 4.78 is 12.3. The highest BCUT2D eigenvalue weighted by atomic mass is 35.5. The van der Waals surface area contributed by atoms with Crippen LogP contribution in [0.4, 0.5) is 0 Å². The first-order valence-electron chi connectivity index (χ1n) is 14.2. The Bertz CT molecular complexity index is 1150. The van der Waals surface area contributed by atoms with Gasteiger partial charge in [-0.05, 0) is 43.7 Å². The monoisotopic (exact) mass is 577 g/mol. The van der Waals surface area contributed by atoms with E-state index in [9.17, 15) is 14.4 Å². The predicted molar refractivity (Wildman–Crippen MR) is 156 cm³/mol. The molecule has 222 valence electrons. The molecule has 1 aromatic heterocycles. The van der Waals surface area contributed by atoms with E-state index in [1.165, 1.54) is 0 Å². The number of ether oxygens (including phenoxy) is 2. The number of rotatable bonds is 11. The smallest absolute Gasteiger partial charge is 0.330 e. The maximum Gasteiger partial charge on any atom is 0.330 e. The zero-order valence-corrected chi connectivity index (χ0v) is 24.7. The summed E-state index contributed by atoms with van der Waals surface area (Å²) in [6, 6.07) is 9.27. The van der Waals surface area contributed by atoms with E-state index in [-0.39, 0.29) is 47.8 Å². The number of hydrogen-bond acceptors (Lipinski definition) is 6. The highest BCUT2D eigenvalue weighted by Crippen LogP contribution is 2.24. The Kier molecular flexibility index (Phi) is 12.2. The molecule has 10 nitrogen and oxygen atoms in total. The Morgan fingerprint density at radius 2 is 1.85 bits per heavy atom. The fourth-order valence-electron chi connectivity index (χ4n) is 5.59. The molecule has 2 fully saturated rings. The fraction of sp³-hybridized carbons (Fsp3) is 0.621. The first kappa shape index (κ1) is 31.9. The van der Waals surface area contributed by atoms with Gasteiger partial charge in [-0.3, -0.25) is 14.2 Å². The summed E-state index contributed by atoms with van der Waals surface area (Å²) in [4.78, 5) is 47.4. The zero-order chi connectivity index (χ0) is 27.8. The molecule has 4 rings (SSSR count). The molecule has 2 aromatic rings. The number of methoxy groups -OCH3 is 1. The Labute approximate surface area is 242 Å². The minimum atomic E-state index is -0.321. The van der Waals surface area contributed by atoms with Gasteiger partial charge in [-0.1, -0.05) is 32.0 Å². The second kappa shape index (κ2) is 15.4. The van der Waals surface area contributed by atoms with Crippen LogP contribution in [0.15, 0.2) is 35.1 Å². The van der Waals surface area contributed by atoms with Crippen LogP contribution in [0.3, 0.4) is 0 Å². The number of carbonyl (C=O) groups excluding carboxylic acids is 2. The number of nitrogens with one attached hydrogen (secondary N) is 2. The van der Waals surface area contributed by atoms with Gasteiger partial charge < -0.3 is 29.6 Å². The molecule has 0 radical (unpaired) electrons. The molecule has 0 unspecified atom stereocenters. The lowest BCUT2D eigenvalue weighted by atomic mass is 9.92. The van der Waals surface area contributed by atoms with E-state index in [1.807, 2.05) is 40.1 Å². The molecule has 0 saturated carbocycles. The fourth-order valence-corrected chi connectivity index (χ4v) is 5.59. The molecule has 2 aliphatic heterocycles. The van der Waals surface area contributed by atoms with E-state index < -0.39 is 0 Å². The minimum absolute atomic E-state index is 0. The van der Waals surface area contributed by atoms with Gasteiger partial charge in [-0.25, -0.2) is 4.79 Å². The van der Waals surface area contributed by atoms with Gasteiger partial charge in [0.05, 0.1) is 30.5 Å². The van der Waals surface area contributed by atoms with Gasteiger partial charge in [0.1, 0.15) is 5.69 Å². The van der Waals surface area contributed by atoms with Crippen molar-refractivity contribution in [2.45, 2.75) is 45.6 Å². The number of hydrogen-bond donors (Lipinski definition) is 2. The zero-order valence-electron chi connectivity index (χ0n) is 23.9. The van der Waals surface area contributed by atoms with Crippen molar-refractivity contribution in [1.29, 1.82) is 0 Å². The van der Waals surface area contributed by atoms with Crippen molar-refractivity contribution < 1.29 is 19.1 Å². The first-order chi connectivity index (χ1) is 18.9. The van der Waals surface area contributed by atoms with E-state index in [2.05, 4.69) is 24.1 Å². The van der Waals surface area contributed by atoms with Crippen LogP contribution in [0.5, 0.6) is 0 Å². The van der Waals surface area contributed by atoms with Crippen LogP contribution in [-0.4, -0.2) is 96.9 Å². The molecule has 0 aliphatic carbocycles. The van der Waals surface area contributed by atoms with Gasteiger partial charge in [-0.2, -0.15) is 0 Å². The summed E-state index contributed by atoms with van der Waals surface area (Å²) in [7, 11) is 1.67. The number of H-pyrrole nitrogens is 1. The highest BCUT2D eigenvalue weighted by molar-refractivity contribution is 5.94. The lowest BCUT2D eigenvalue weighted by Gasteiger charge is -2.40. The van der Waals surface area contributed by atoms with Crippen molar-refractivity contribution in [1.82, 2.24) is 24.7 Å². The number of carbonyl (C=O) groups is 2. The molecule has 3 heterocycles. The third-order valence-electron chi connectivity index (χ3n) is 7.50. The molecular weight excluding hydrogens is 534 g/mol. The average molecular weight is 578 g/mol. The van der Waals surface area contributed by atoms with Crippen LogP contribution in [0.1, 0.15) is 49.3 Å². The van der Waals surface area contributed by atoms with Gasteiger partial charge in [0.25, 0.3) is 5.91 Å². The van der Waals surface area contributed by atoms with Crippen LogP contribution < -0.4 is 11.0 Å². The number of halogens is 1. The summed E-state index contributed by atoms with van der Waals surface area (Å²) in [6.07, 6.45) is 2.76. The molecule has 2 amide bonds. The number of piperidine rings is 1. The molecule has 40 heavy (non-hydrogen) atoms. The SMILES string of the molecule is COCCCCc1c(C(=O)N(CC(C)C)[C@@H]2CNC[C@H](C(=O)N3CCOCC3)C2)[nH]c(=O)n1-c1ccccc1.Cl. The second-order valence-electron chi connectivity index (χ2n) is 10.9. The summed E-state index contributed by atoms with van der Waals surface area (Å²) in [5.41, 5.74) is 1.43. The standard InChI is InChI=1S/C29H43N5O5.ClH/c1-21(2)20-33(24-17-22(18-30-19-24)27(35)32-12-15-39-16-13-32)28(36)26-25(11-7-8-14-38-3)34(29(37)31-26)23-9-5-4-6-10-23;/h4-6,9-10,21-22,24,30H,7-8,11-20H2,1-3H3,(H,31,37);1H/t22-,24+;/m1./s1. The van der Waals surface area contributed by atoms with Gasteiger partial charge in [-0.15, -0.1) is 12.4 Å². The second-order valence-corrected chi connectivity index (χ2v) is 10.9. The maximum atomic E-state index is 14.2. The molecule has 0 bridgehead atoms. The third-order valence-corrected chi connectivity index (χ3v) is 7.50. The van der Waals surface area contributed by atoms with E-state index in [0.717, 1.165) is 18.5 Å². The maximum absolute atomic E-state index is 14.2. The van der Waals surface area contributed by atoms with E-state index in [0.29, 0.717) is 76.8 Å². The van der Waals surface area contributed by atoms with Crippen molar-refractivity contribution >= 4 is 24.2 Å². The van der Waals surface area contributed by atoms with E-state index >= 15 is 0 Å². The quantitative estimate of drug-likeness (QED) is 0.397. The number of benzene rings is 1. The number of morpholine rings is 1. The molecule has 11 heteroatoms. The number of aromatic nitrogens is 2. The van der Waals surface area contributed by atoms with Gasteiger partial charge in [0.15, 0.2) is 0 Å². The van der Waals surface area contributed by atoms with Crippen LogP contribution in [0.2, 0.25) is 0 Å². The number of amides is 2. The van der Waals surface area contributed by atoms with E-state index in [4.69, 9.17) is 9.47 Å². The van der Waals surface area contributed by atoms with Crippen molar-refractivity contribution in [3.8, 4) is 5.69 Å².